The Labute approximate surface area is 88.5 Å². The van der Waals surface area contributed by atoms with Crippen molar-refractivity contribution in [3.63, 3.8) is 0 Å². The average molecular weight is 255 g/mol. The number of aryl methyl sites for hydroxylation is 1. The second kappa shape index (κ2) is 3.24. The van der Waals surface area contributed by atoms with Crippen LogP contribution in [0.1, 0.15) is 15.9 Å². The van der Waals surface area contributed by atoms with E-state index in [-0.39, 0.29) is 0 Å². The van der Waals surface area contributed by atoms with E-state index in [9.17, 15) is 4.79 Å². The third kappa shape index (κ3) is 1.42. The maximum atomic E-state index is 10.8. The fourth-order valence-corrected chi connectivity index (χ4v) is 2.98. The maximum absolute atomic E-state index is 10.8. The average Bonchev–Trinajstić information content (AvgIpc) is 2.47. The number of carbonyl (C=O) groups excluding carboxylic acids is 1. The fourth-order valence-electron chi connectivity index (χ4n) is 1.37. The van der Waals surface area contributed by atoms with Crippen LogP contribution in [0.5, 0.6) is 0 Å². The number of halogens is 1. The Morgan fingerprint density at radius 1 is 1.46 bits per heavy atom. The third-order valence-electron chi connectivity index (χ3n) is 1.93. The summed E-state index contributed by atoms with van der Waals surface area (Å²) in [6.07, 6.45) is 0.915. The van der Waals surface area contributed by atoms with Crippen LogP contribution >= 0.6 is 27.3 Å². The third-order valence-corrected chi connectivity index (χ3v) is 3.93. The number of carbonyl (C=O) groups is 1. The van der Waals surface area contributed by atoms with Crippen LogP contribution in [-0.2, 0) is 0 Å². The summed E-state index contributed by atoms with van der Waals surface area (Å²) >= 11 is 5.05. The monoisotopic (exact) mass is 254 g/mol. The van der Waals surface area contributed by atoms with Crippen LogP contribution < -0.4 is 0 Å². The molecule has 0 N–H and O–H groups in total. The van der Waals surface area contributed by atoms with Crippen molar-refractivity contribution in [1.82, 2.24) is 0 Å². The predicted octanol–water partition coefficient (Wildman–Crippen LogP) is 3.78. The number of thiophene rings is 1. The van der Waals surface area contributed by atoms with E-state index in [0.29, 0.717) is 0 Å². The van der Waals surface area contributed by atoms with E-state index < -0.39 is 0 Å². The molecule has 0 aliphatic carbocycles. The van der Waals surface area contributed by atoms with Gasteiger partial charge >= 0.3 is 0 Å². The Balaban J connectivity index is 2.91. The van der Waals surface area contributed by atoms with Crippen LogP contribution in [0.15, 0.2) is 22.0 Å². The van der Waals surface area contributed by atoms with E-state index in [2.05, 4.69) is 22.0 Å². The molecule has 0 aliphatic heterocycles. The van der Waals surface area contributed by atoms with E-state index in [4.69, 9.17) is 0 Å². The first-order valence-electron chi connectivity index (χ1n) is 3.85. The number of hydrogen-bond acceptors (Lipinski definition) is 2. The SMILES string of the molecule is Cc1cc(C=O)c2scc(Br)c2c1. The van der Waals surface area contributed by atoms with Gasteiger partial charge in [-0.25, -0.2) is 0 Å². The van der Waals surface area contributed by atoms with E-state index in [0.717, 1.165) is 32.0 Å². The summed E-state index contributed by atoms with van der Waals surface area (Å²) in [7, 11) is 0. The molecule has 1 nitrogen and oxygen atoms in total. The largest absolute Gasteiger partial charge is 0.298 e. The molecule has 0 radical (unpaired) electrons. The molecule has 3 heteroatoms. The van der Waals surface area contributed by atoms with Crippen molar-refractivity contribution in [2.24, 2.45) is 0 Å². The molecule has 13 heavy (non-hydrogen) atoms. The zero-order valence-corrected chi connectivity index (χ0v) is 9.41. The van der Waals surface area contributed by atoms with Crippen molar-refractivity contribution < 1.29 is 4.79 Å². The van der Waals surface area contributed by atoms with Crippen molar-refractivity contribution in [1.29, 1.82) is 0 Å². The summed E-state index contributed by atoms with van der Waals surface area (Å²) in [6, 6.07) is 4.00. The lowest BCUT2D eigenvalue weighted by Crippen LogP contribution is -1.81. The first-order chi connectivity index (χ1) is 6.22. The summed E-state index contributed by atoms with van der Waals surface area (Å²) in [5.41, 5.74) is 1.90. The number of hydrogen-bond donors (Lipinski definition) is 0. The van der Waals surface area contributed by atoms with Crippen LogP contribution in [0, 0.1) is 6.92 Å². The lowest BCUT2D eigenvalue weighted by molar-refractivity contribution is 0.112. The predicted molar refractivity (Wildman–Crippen MR) is 59.6 cm³/mol. The van der Waals surface area contributed by atoms with Gasteiger partial charge in [-0.2, -0.15) is 0 Å². The molecule has 0 saturated heterocycles. The normalized spacial score (nSPS) is 10.6. The highest BCUT2D eigenvalue weighted by atomic mass is 79.9. The Morgan fingerprint density at radius 3 is 2.92 bits per heavy atom. The van der Waals surface area contributed by atoms with Crippen molar-refractivity contribution in [3.8, 4) is 0 Å². The first-order valence-corrected chi connectivity index (χ1v) is 5.52. The minimum absolute atomic E-state index is 0.783. The molecule has 0 amide bonds. The van der Waals surface area contributed by atoms with E-state index >= 15 is 0 Å². The molecular formula is C10H7BrOS. The van der Waals surface area contributed by atoms with Gasteiger partial charge < -0.3 is 0 Å². The van der Waals surface area contributed by atoms with Gasteiger partial charge in [0.1, 0.15) is 0 Å². The van der Waals surface area contributed by atoms with Crippen molar-refractivity contribution in [2.45, 2.75) is 6.92 Å². The standard InChI is InChI=1S/C10H7BrOS/c1-6-2-7(4-12)10-8(3-6)9(11)5-13-10/h2-5H,1H3. The van der Waals surface area contributed by atoms with Gasteiger partial charge in [-0.3, -0.25) is 4.79 Å². The Morgan fingerprint density at radius 2 is 2.23 bits per heavy atom. The number of aldehydes is 1. The van der Waals surface area contributed by atoms with E-state index in [1.165, 1.54) is 0 Å². The van der Waals surface area contributed by atoms with Crippen molar-refractivity contribution >= 4 is 43.6 Å². The van der Waals surface area contributed by atoms with E-state index in [1.54, 1.807) is 11.3 Å². The van der Waals surface area contributed by atoms with Gasteiger partial charge in [-0.15, -0.1) is 11.3 Å². The molecular weight excluding hydrogens is 248 g/mol. The molecule has 0 saturated carbocycles. The second-order valence-electron chi connectivity index (χ2n) is 2.93. The van der Waals surface area contributed by atoms with Gasteiger partial charge in [-0.05, 0) is 40.5 Å². The van der Waals surface area contributed by atoms with Crippen LogP contribution in [0.25, 0.3) is 10.1 Å². The quantitative estimate of drug-likeness (QED) is 0.708. The highest BCUT2D eigenvalue weighted by Crippen LogP contribution is 2.32. The van der Waals surface area contributed by atoms with Gasteiger partial charge in [0, 0.05) is 25.5 Å². The highest BCUT2D eigenvalue weighted by Gasteiger charge is 2.06. The number of fused-ring (bicyclic) bond motifs is 1. The summed E-state index contributed by atoms with van der Waals surface area (Å²) < 4.78 is 2.13. The molecule has 1 aromatic heterocycles. The van der Waals surface area contributed by atoms with Crippen LogP contribution in [-0.4, -0.2) is 6.29 Å². The second-order valence-corrected chi connectivity index (χ2v) is 4.67. The molecule has 1 heterocycles. The minimum atomic E-state index is 0.783. The Bertz CT molecular complexity index is 473. The molecule has 0 atom stereocenters. The molecule has 0 bridgehead atoms. The van der Waals surface area contributed by atoms with Crippen LogP contribution in [0.4, 0.5) is 0 Å². The number of benzene rings is 1. The lowest BCUT2D eigenvalue weighted by Gasteiger charge is -1.97. The minimum Gasteiger partial charge on any atom is -0.298 e. The molecule has 0 aliphatic rings. The van der Waals surface area contributed by atoms with Gasteiger partial charge in [-0.1, -0.05) is 0 Å². The van der Waals surface area contributed by atoms with Crippen LogP contribution in [0.3, 0.4) is 0 Å². The van der Waals surface area contributed by atoms with Gasteiger partial charge in [0.25, 0.3) is 0 Å². The molecule has 2 aromatic rings. The summed E-state index contributed by atoms with van der Waals surface area (Å²) in [6.45, 7) is 2.00. The molecule has 0 fully saturated rings. The van der Waals surface area contributed by atoms with E-state index in [1.807, 2.05) is 18.4 Å². The van der Waals surface area contributed by atoms with Gasteiger partial charge in [0.2, 0.25) is 0 Å². The molecule has 66 valence electrons. The van der Waals surface area contributed by atoms with Crippen LogP contribution in [0.2, 0.25) is 0 Å². The maximum Gasteiger partial charge on any atom is 0.151 e. The highest BCUT2D eigenvalue weighted by molar-refractivity contribution is 9.10. The fraction of sp³-hybridized carbons (Fsp3) is 0.100. The number of rotatable bonds is 1. The van der Waals surface area contributed by atoms with Gasteiger partial charge in [0.15, 0.2) is 6.29 Å². The first kappa shape index (κ1) is 8.91. The van der Waals surface area contributed by atoms with Gasteiger partial charge in [0.05, 0.1) is 0 Å². The summed E-state index contributed by atoms with van der Waals surface area (Å²) in [5, 5.41) is 3.14. The molecule has 1 aromatic carbocycles. The molecule has 0 spiro atoms. The smallest absolute Gasteiger partial charge is 0.151 e. The molecule has 2 rings (SSSR count). The topological polar surface area (TPSA) is 17.1 Å². The lowest BCUT2D eigenvalue weighted by atomic mass is 10.1. The summed E-state index contributed by atoms with van der Waals surface area (Å²) in [4.78, 5) is 10.8. The zero-order chi connectivity index (χ0) is 9.42. The zero-order valence-electron chi connectivity index (χ0n) is 7.00. The van der Waals surface area contributed by atoms with Crippen molar-refractivity contribution in [3.05, 3.63) is 33.1 Å². The van der Waals surface area contributed by atoms with Crippen molar-refractivity contribution in [2.75, 3.05) is 0 Å². The Kier molecular flexibility index (Phi) is 2.22. The summed E-state index contributed by atoms with van der Waals surface area (Å²) in [5.74, 6) is 0. The molecule has 0 unspecified atom stereocenters. The Hall–Kier alpha value is -0.670.